The molecule has 3 aromatic rings. The lowest BCUT2D eigenvalue weighted by Gasteiger charge is -2.16. The van der Waals surface area contributed by atoms with E-state index in [1.807, 2.05) is 48.5 Å². The molecule has 2 aliphatic rings. The summed E-state index contributed by atoms with van der Waals surface area (Å²) in [5.41, 5.74) is 2.12. The number of nitrogens with zero attached hydrogens (tertiary/aromatic N) is 2. The third-order valence-electron chi connectivity index (χ3n) is 5.60. The van der Waals surface area contributed by atoms with Crippen LogP contribution in [0.2, 0.25) is 0 Å². The fraction of sp³-hybridized carbons (Fsp3) is 0.154. The Kier molecular flexibility index (Phi) is 6.59. The van der Waals surface area contributed by atoms with Crippen LogP contribution in [0.15, 0.2) is 77.8 Å². The van der Waals surface area contributed by atoms with E-state index in [2.05, 4.69) is 5.32 Å². The molecule has 2 N–H and O–H groups in total. The molecule has 3 aromatic carbocycles. The van der Waals surface area contributed by atoms with Crippen molar-refractivity contribution in [2.75, 3.05) is 17.0 Å². The molecule has 0 bridgehead atoms. The number of amides is 2. The van der Waals surface area contributed by atoms with Gasteiger partial charge in [0, 0.05) is 12.1 Å². The van der Waals surface area contributed by atoms with Crippen molar-refractivity contribution in [3.8, 4) is 11.5 Å². The first kappa shape index (κ1) is 23.4. The highest BCUT2D eigenvalue weighted by Gasteiger charge is 2.41. The molecule has 36 heavy (non-hydrogen) atoms. The molecule has 9 nitrogen and oxygen atoms in total. The third kappa shape index (κ3) is 5.03. The molecule has 0 aromatic heterocycles. The number of hydrogen-bond donors (Lipinski definition) is 2. The van der Waals surface area contributed by atoms with Crippen LogP contribution in [0.5, 0.6) is 11.5 Å². The first-order valence-electron chi connectivity index (χ1n) is 11.1. The zero-order valence-electron chi connectivity index (χ0n) is 18.9. The summed E-state index contributed by atoms with van der Waals surface area (Å²) in [6.45, 7) is 0.514. The monoisotopic (exact) mass is 503 g/mol. The van der Waals surface area contributed by atoms with Crippen molar-refractivity contribution in [2.24, 2.45) is 4.99 Å². The number of carboxylic acids is 1. The Labute approximate surface area is 210 Å². The number of nitrogens with one attached hydrogen (secondary N) is 1. The van der Waals surface area contributed by atoms with Crippen molar-refractivity contribution in [3.63, 3.8) is 0 Å². The first-order chi connectivity index (χ1) is 17.5. The highest BCUT2D eigenvalue weighted by molar-refractivity contribution is 8.15. The molecule has 0 saturated carbocycles. The molecular weight excluding hydrogens is 482 g/mol. The van der Waals surface area contributed by atoms with Crippen LogP contribution in [-0.4, -0.2) is 40.1 Å². The van der Waals surface area contributed by atoms with Crippen LogP contribution >= 0.6 is 11.8 Å². The lowest BCUT2D eigenvalue weighted by atomic mass is 10.2. The van der Waals surface area contributed by atoms with E-state index in [1.165, 1.54) is 36.0 Å². The number of aromatic carboxylic acids is 1. The Hall–Kier alpha value is -4.31. The van der Waals surface area contributed by atoms with Gasteiger partial charge < -0.3 is 19.9 Å². The van der Waals surface area contributed by atoms with Crippen molar-refractivity contribution in [1.82, 2.24) is 0 Å². The molecule has 0 unspecified atom stereocenters. The second-order valence-electron chi connectivity index (χ2n) is 8.03. The molecule has 2 aliphatic heterocycles. The van der Waals surface area contributed by atoms with Gasteiger partial charge in [0.2, 0.25) is 18.6 Å². The Balaban J connectivity index is 1.35. The molecule has 1 atom stereocenters. The minimum atomic E-state index is -1.08. The van der Waals surface area contributed by atoms with Gasteiger partial charge in [-0.1, -0.05) is 36.0 Å². The van der Waals surface area contributed by atoms with E-state index in [0.717, 1.165) is 16.2 Å². The zero-order chi connectivity index (χ0) is 25.1. The molecule has 2 amide bonds. The average Bonchev–Trinajstić information content (AvgIpc) is 3.46. The minimum absolute atomic E-state index is 0.00367. The summed E-state index contributed by atoms with van der Waals surface area (Å²) in [5, 5.41) is 12.2. The number of carbonyl (C=O) groups is 3. The van der Waals surface area contributed by atoms with Gasteiger partial charge >= 0.3 is 5.97 Å². The maximum absolute atomic E-state index is 13.2. The van der Waals surface area contributed by atoms with Crippen LogP contribution in [0.3, 0.4) is 0 Å². The molecule has 0 aliphatic carbocycles. The number of hydrogen-bond acceptors (Lipinski definition) is 7. The van der Waals surface area contributed by atoms with Gasteiger partial charge in [0.05, 0.1) is 17.8 Å². The number of para-hydroxylation sites is 1. The summed E-state index contributed by atoms with van der Waals surface area (Å²) < 4.78 is 10.8. The molecular formula is C26H21N3O6S. The predicted octanol–water partition coefficient (Wildman–Crippen LogP) is 4.15. The quantitative estimate of drug-likeness (QED) is 0.293. The van der Waals surface area contributed by atoms with Gasteiger partial charge in [0.1, 0.15) is 5.25 Å². The number of benzene rings is 3. The number of thioether (sulfide) groups is 1. The lowest BCUT2D eigenvalue weighted by molar-refractivity contribution is -0.121. The summed E-state index contributed by atoms with van der Waals surface area (Å²) in [6, 6.07) is 20.7. The number of aliphatic imine (C=N–C) groups is 1. The van der Waals surface area contributed by atoms with E-state index in [9.17, 15) is 14.4 Å². The maximum Gasteiger partial charge on any atom is 0.335 e. The van der Waals surface area contributed by atoms with Gasteiger partial charge in [0.25, 0.3) is 0 Å². The normalized spacial score (nSPS) is 16.9. The van der Waals surface area contributed by atoms with Crippen molar-refractivity contribution in [2.45, 2.75) is 18.2 Å². The van der Waals surface area contributed by atoms with Gasteiger partial charge in [-0.05, 0) is 54.1 Å². The van der Waals surface area contributed by atoms with Crippen LogP contribution in [0.1, 0.15) is 22.3 Å². The van der Waals surface area contributed by atoms with Gasteiger partial charge in [-0.2, -0.15) is 0 Å². The fourth-order valence-corrected chi connectivity index (χ4v) is 4.83. The van der Waals surface area contributed by atoms with E-state index in [-0.39, 0.29) is 30.6 Å². The van der Waals surface area contributed by atoms with Crippen LogP contribution in [-0.2, 0) is 16.1 Å². The van der Waals surface area contributed by atoms with Gasteiger partial charge in [0.15, 0.2) is 16.7 Å². The molecule has 2 heterocycles. The maximum atomic E-state index is 13.2. The molecule has 1 fully saturated rings. The number of ether oxygens (including phenoxy) is 2. The van der Waals surface area contributed by atoms with Crippen LogP contribution < -0.4 is 19.7 Å². The van der Waals surface area contributed by atoms with Gasteiger partial charge in [-0.25, -0.2) is 9.69 Å². The number of fused-ring (bicyclic) bond motifs is 1. The standard InChI is InChI=1S/C26H21N3O6S/c30-23-13-22(24(31)29(23)19-9-7-17(8-10-19)25(32)33)36-26(28-18-4-2-1-3-5-18)27-14-16-6-11-20-21(12-16)35-15-34-20/h1-12,22H,13-15H2,(H,27,28)(H,32,33)/t22-/m1/s1. The van der Waals surface area contributed by atoms with Crippen molar-refractivity contribution >= 4 is 46.1 Å². The number of imide groups is 1. The van der Waals surface area contributed by atoms with Gasteiger partial charge in [-0.3, -0.25) is 14.6 Å². The van der Waals surface area contributed by atoms with Crippen molar-refractivity contribution in [3.05, 3.63) is 83.9 Å². The van der Waals surface area contributed by atoms with E-state index < -0.39 is 11.2 Å². The van der Waals surface area contributed by atoms with Crippen LogP contribution in [0.4, 0.5) is 11.4 Å². The second kappa shape index (κ2) is 10.1. The third-order valence-corrected chi connectivity index (χ3v) is 6.71. The summed E-state index contributed by atoms with van der Waals surface area (Å²) in [6.07, 6.45) is 0.00367. The Bertz CT molecular complexity index is 1340. The van der Waals surface area contributed by atoms with E-state index in [0.29, 0.717) is 28.9 Å². The summed E-state index contributed by atoms with van der Waals surface area (Å²) in [5.74, 6) is -0.459. The molecule has 182 valence electrons. The number of anilines is 2. The number of carbonyl (C=O) groups excluding carboxylic acids is 2. The van der Waals surface area contributed by atoms with Crippen LogP contribution in [0, 0.1) is 0 Å². The zero-order valence-corrected chi connectivity index (χ0v) is 19.7. The van der Waals surface area contributed by atoms with Crippen molar-refractivity contribution < 1.29 is 29.0 Å². The average molecular weight is 504 g/mol. The predicted molar refractivity (Wildman–Crippen MR) is 136 cm³/mol. The Morgan fingerprint density at radius 2 is 1.78 bits per heavy atom. The van der Waals surface area contributed by atoms with E-state index >= 15 is 0 Å². The number of amidine groups is 1. The largest absolute Gasteiger partial charge is 0.478 e. The fourth-order valence-electron chi connectivity index (χ4n) is 3.81. The lowest BCUT2D eigenvalue weighted by Crippen LogP contribution is -2.31. The molecule has 1 saturated heterocycles. The number of rotatable bonds is 6. The highest BCUT2D eigenvalue weighted by atomic mass is 32.2. The van der Waals surface area contributed by atoms with Gasteiger partial charge in [-0.15, -0.1) is 0 Å². The number of carboxylic acid groups (broad SMARTS) is 1. The summed E-state index contributed by atoms with van der Waals surface area (Å²) >= 11 is 1.19. The topological polar surface area (TPSA) is 118 Å². The Morgan fingerprint density at radius 1 is 1.03 bits per heavy atom. The summed E-state index contributed by atoms with van der Waals surface area (Å²) in [7, 11) is 0. The minimum Gasteiger partial charge on any atom is -0.478 e. The molecule has 0 radical (unpaired) electrons. The molecule has 0 spiro atoms. The molecule has 10 heteroatoms. The Morgan fingerprint density at radius 3 is 2.53 bits per heavy atom. The van der Waals surface area contributed by atoms with Crippen LogP contribution in [0.25, 0.3) is 0 Å². The van der Waals surface area contributed by atoms with E-state index in [4.69, 9.17) is 19.6 Å². The van der Waals surface area contributed by atoms with Crippen molar-refractivity contribution in [1.29, 1.82) is 0 Å². The highest BCUT2D eigenvalue weighted by Crippen LogP contribution is 2.34. The summed E-state index contributed by atoms with van der Waals surface area (Å²) in [4.78, 5) is 42.8. The first-order valence-corrected chi connectivity index (χ1v) is 12.0. The SMILES string of the molecule is O=C(O)c1ccc(N2C(=O)C[C@@H](SC(=NCc3ccc4c(c3)OCO4)Nc3ccccc3)C2=O)cc1. The smallest absolute Gasteiger partial charge is 0.335 e. The van der Waals surface area contributed by atoms with E-state index in [1.54, 1.807) is 0 Å². The second-order valence-corrected chi connectivity index (χ2v) is 9.22. The molecule has 5 rings (SSSR count).